The molecule has 0 amide bonds. The van der Waals surface area contributed by atoms with Crippen molar-refractivity contribution in [3.05, 3.63) is 34.7 Å². The molecule has 0 unspecified atom stereocenters. The standard InChI is InChI=1S/C13H18N4S/c1-3-14-13-15-8-7-12(16-13)17(4-2)10-11-6-5-9-18-11/h5-9H,3-4,10H2,1-2H3,(H,14,15,16). The Bertz CT molecular complexity index is 470. The highest BCUT2D eigenvalue weighted by atomic mass is 32.1. The van der Waals surface area contributed by atoms with Gasteiger partial charge in [-0.15, -0.1) is 11.3 Å². The van der Waals surface area contributed by atoms with Crippen LogP contribution in [0.3, 0.4) is 0 Å². The number of nitrogens with zero attached hydrogens (tertiary/aromatic N) is 3. The summed E-state index contributed by atoms with van der Waals surface area (Å²) < 4.78 is 0. The maximum absolute atomic E-state index is 4.52. The van der Waals surface area contributed by atoms with Crippen LogP contribution in [0.5, 0.6) is 0 Å². The summed E-state index contributed by atoms with van der Waals surface area (Å²) in [7, 11) is 0. The van der Waals surface area contributed by atoms with E-state index in [-0.39, 0.29) is 0 Å². The van der Waals surface area contributed by atoms with Gasteiger partial charge in [0.25, 0.3) is 0 Å². The molecule has 2 aromatic rings. The van der Waals surface area contributed by atoms with Crippen LogP contribution in [-0.4, -0.2) is 23.1 Å². The van der Waals surface area contributed by atoms with E-state index in [9.17, 15) is 0 Å². The number of hydrogen-bond donors (Lipinski definition) is 1. The molecular weight excluding hydrogens is 244 g/mol. The molecule has 0 spiro atoms. The third-order valence-electron chi connectivity index (χ3n) is 2.61. The number of thiophene rings is 1. The van der Waals surface area contributed by atoms with Crippen molar-refractivity contribution in [3.8, 4) is 0 Å². The molecule has 0 fully saturated rings. The van der Waals surface area contributed by atoms with E-state index in [0.717, 1.165) is 25.5 Å². The Morgan fingerprint density at radius 1 is 1.33 bits per heavy atom. The number of nitrogens with one attached hydrogen (secondary N) is 1. The van der Waals surface area contributed by atoms with Crippen LogP contribution in [-0.2, 0) is 6.54 Å². The van der Waals surface area contributed by atoms with E-state index in [1.54, 1.807) is 17.5 Å². The van der Waals surface area contributed by atoms with E-state index < -0.39 is 0 Å². The average molecular weight is 262 g/mol. The largest absolute Gasteiger partial charge is 0.354 e. The predicted molar refractivity (Wildman–Crippen MR) is 77.2 cm³/mol. The van der Waals surface area contributed by atoms with Gasteiger partial charge in [-0.1, -0.05) is 6.07 Å². The fourth-order valence-electron chi connectivity index (χ4n) is 1.71. The lowest BCUT2D eigenvalue weighted by atomic mass is 10.4. The smallest absolute Gasteiger partial charge is 0.224 e. The molecule has 0 saturated heterocycles. The Labute approximate surface area is 112 Å². The topological polar surface area (TPSA) is 41.1 Å². The molecule has 2 heterocycles. The van der Waals surface area contributed by atoms with Gasteiger partial charge in [-0.05, 0) is 31.4 Å². The van der Waals surface area contributed by atoms with Crippen LogP contribution < -0.4 is 10.2 Å². The lowest BCUT2D eigenvalue weighted by Crippen LogP contribution is -2.23. The fourth-order valence-corrected chi connectivity index (χ4v) is 2.43. The number of aromatic nitrogens is 2. The SMILES string of the molecule is CCNc1nccc(N(CC)Cc2cccs2)n1. The molecule has 2 aromatic heterocycles. The third-order valence-corrected chi connectivity index (χ3v) is 3.47. The first-order valence-electron chi connectivity index (χ1n) is 6.17. The maximum Gasteiger partial charge on any atom is 0.224 e. The summed E-state index contributed by atoms with van der Waals surface area (Å²) in [6.45, 7) is 6.85. The molecule has 0 aromatic carbocycles. The van der Waals surface area contributed by atoms with Crippen LogP contribution in [0.1, 0.15) is 18.7 Å². The second-order valence-corrected chi connectivity index (χ2v) is 4.89. The number of anilines is 2. The van der Waals surface area contributed by atoms with Crippen molar-refractivity contribution in [3.63, 3.8) is 0 Å². The third kappa shape index (κ3) is 3.20. The van der Waals surface area contributed by atoms with Crippen molar-refractivity contribution < 1.29 is 0 Å². The zero-order valence-electron chi connectivity index (χ0n) is 10.8. The van der Waals surface area contributed by atoms with Crippen molar-refractivity contribution >= 4 is 23.1 Å². The second kappa shape index (κ2) is 6.35. The minimum absolute atomic E-state index is 0.694. The van der Waals surface area contributed by atoms with Gasteiger partial charge in [0.2, 0.25) is 5.95 Å². The molecule has 18 heavy (non-hydrogen) atoms. The van der Waals surface area contributed by atoms with E-state index in [2.05, 4.69) is 44.6 Å². The van der Waals surface area contributed by atoms with E-state index in [1.165, 1.54) is 4.88 Å². The first kappa shape index (κ1) is 12.8. The van der Waals surface area contributed by atoms with Gasteiger partial charge in [-0.25, -0.2) is 4.98 Å². The van der Waals surface area contributed by atoms with Gasteiger partial charge in [-0.2, -0.15) is 4.98 Å². The molecule has 1 N–H and O–H groups in total. The van der Waals surface area contributed by atoms with Gasteiger partial charge in [-0.3, -0.25) is 0 Å². The zero-order chi connectivity index (χ0) is 12.8. The minimum Gasteiger partial charge on any atom is -0.354 e. The van der Waals surface area contributed by atoms with Crippen molar-refractivity contribution in [1.82, 2.24) is 9.97 Å². The molecule has 5 heteroatoms. The van der Waals surface area contributed by atoms with Crippen LogP contribution in [0.4, 0.5) is 11.8 Å². The van der Waals surface area contributed by atoms with Crippen molar-refractivity contribution in [2.45, 2.75) is 20.4 Å². The molecule has 0 atom stereocenters. The van der Waals surface area contributed by atoms with E-state index in [0.29, 0.717) is 5.95 Å². The minimum atomic E-state index is 0.694. The molecule has 4 nitrogen and oxygen atoms in total. The van der Waals surface area contributed by atoms with Crippen molar-refractivity contribution in [2.75, 3.05) is 23.3 Å². The summed E-state index contributed by atoms with van der Waals surface area (Å²) in [6.07, 6.45) is 1.80. The lowest BCUT2D eigenvalue weighted by Gasteiger charge is -2.21. The number of rotatable bonds is 6. The van der Waals surface area contributed by atoms with Crippen LogP contribution in [0.2, 0.25) is 0 Å². The molecule has 0 bridgehead atoms. The highest BCUT2D eigenvalue weighted by Gasteiger charge is 2.08. The zero-order valence-corrected chi connectivity index (χ0v) is 11.6. The summed E-state index contributed by atoms with van der Waals surface area (Å²) in [4.78, 5) is 12.3. The Balaban J connectivity index is 2.13. The molecular formula is C13H18N4S. The van der Waals surface area contributed by atoms with E-state index >= 15 is 0 Å². The molecule has 0 saturated carbocycles. The van der Waals surface area contributed by atoms with Crippen LogP contribution >= 0.6 is 11.3 Å². The Kier molecular flexibility index (Phi) is 4.52. The van der Waals surface area contributed by atoms with Gasteiger partial charge in [0.05, 0.1) is 6.54 Å². The molecule has 0 aliphatic carbocycles. The first-order valence-corrected chi connectivity index (χ1v) is 7.05. The van der Waals surface area contributed by atoms with Gasteiger partial charge in [0, 0.05) is 24.2 Å². The first-order chi connectivity index (χ1) is 8.83. The molecule has 2 rings (SSSR count). The Morgan fingerprint density at radius 2 is 2.22 bits per heavy atom. The maximum atomic E-state index is 4.52. The number of hydrogen-bond acceptors (Lipinski definition) is 5. The van der Waals surface area contributed by atoms with Gasteiger partial charge in [0.1, 0.15) is 5.82 Å². The molecule has 0 radical (unpaired) electrons. The summed E-state index contributed by atoms with van der Waals surface area (Å²) in [5.41, 5.74) is 0. The summed E-state index contributed by atoms with van der Waals surface area (Å²) in [5, 5.41) is 5.24. The van der Waals surface area contributed by atoms with Crippen LogP contribution in [0, 0.1) is 0 Å². The highest BCUT2D eigenvalue weighted by molar-refractivity contribution is 7.09. The quantitative estimate of drug-likeness (QED) is 0.869. The summed E-state index contributed by atoms with van der Waals surface area (Å²) >= 11 is 1.78. The van der Waals surface area contributed by atoms with Crippen molar-refractivity contribution in [1.29, 1.82) is 0 Å². The van der Waals surface area contributed by atoms with Gasteiger partial charge in [0.15, 0.2) is 0 Å². The molecule has 0 aliphatic rings. The molecule has 0 aliphatic heterocycles. The van der Waals surface area contributed by atoms with E-state index in [1.807, 2.05) is 13.0 Å². The van der Waals surface area contributed by atoms with Crippen molar-refractivity contribution in [2.24, 2.45) is 0 Å². The summed E-state index contributed by atoms with van der Waals surface area (Å²) in [6, 6.07) is 6.19. The normalized spacial score (nSPS) is 10.3. The van der Waals surface area contributed by atoms with Gasteiger partial charge >= 0.3 is 0 Å². The lowest BCUT2D eigenvalue weighted by molar-refractivity contribution is 0.819. The second-order valence-electron chi connectivity index (χ2n) is 3.86. The summed E-state index contributed by atoms with van der Waals surface area (Å²) in [5.74, 6) is 1.66. The predicted octanol–water partition coefficient (Wildman–Crippen LogP) is 3.00. The monoisotopic (exact) mass is 262 g/mol. The Hall–Kier alpha value is -1.62. The fraction of sp³-hybridized carbons (Fsp3) is 0.385. The molecule has 96 valence electrons. The average Bonchev–Trinajstić information content (AvgIpc) is 2.89. The van der Waals surface area contributed by atoms with E-state index in [4.69, 9.17) is 0 Å². The Morgan fingerprint density at radius 3 is 2.89 bits per heavy atom. The highest BCUT2D eigenvalue weighted by Crippen LogP contribution is 2.18. The van der Waals surface area contributed by atoms with Crippen LogP contribution in [0.15, 0.2) is 29.8 Å². The van der Waals surface area contributed by atoms with Crippen LogP contribution in [0.25, 0.3) is 0 Å². The van der Waals surface area contributed by atoms with Gasteiger partial charge < -0.3 is 10.2 Å².